The Labute approximate surface area is 142 Å². The summed E-state index contributed by atoms with van der Waals surface area (Å²) in [6.07, 6.45) is 5.73. The molecule has 0 atom stereocenters. The molecule has 2 aromatic rings. The van der Waals surface area contributed by atoms with E-state index in [1.54, 1.807) is 10.8 Å². The van der Waals surface area contributed by atoms with Crippen LogP contribution in [0.2, 0.25) is 0 Å². The molecule has 0 radical (unpaired) electrons. The Morgan fingerprint density at radius 3 is 2.75 bits per heavy atom. The molecule has 24 heavy (non-hydrogen) atoms. The maximum atomic E-state index is 12.8. The summed E-state index contributed by atoms with van der Waals surface area (Å²) < 4.78 is 30.0. The van der Waals surface area contributed by atoms with E-state index in [1.165, 1.54) is 24.6 Å². The van der Waals surface area contributed by atoms with Crippen molar-refractivity contribution in [2.75, 3.05) is 4.72 Å². The molecule has 1 aliphatic heterocycles. The molecule has 1 N–H and O–H groups in total. The number of hydrogen-bond acceptors (Lipinski definition) is 4. The van der Waals surface area contributed by atoms with Gasteiger partial charge in [0.2, 0.25) is 5.16 Å². The number of fused-ring (bicyclic) bond motifs is 1. The number of aromatic nitrogens is 2. The van der Waals surface area contributed by atoms with Crippen molar-refractivity contribution in [3.05, 3.63) is 41.7 Å². The second-order valence-corrected chi connectivity index (χ2v) is 8.47. The highest BCUT2D eigenvalue weighted by atomic mass is 32.2. The number of nitrogens with one attached hydrogen (secondary N) is 1. The summed E-state index contributed by atoms with van der Waals surface area (Å²) in [7, 11) is -3.71. The summed E-state index contributed by atoms with van der Waals surface area (Å²) in [6.45, 7) is 5.61. The fourth-order valence-electron chi connectivity index (χ4n) is 3.33. The van der Waals surface area contributed by atoms with Gasteiger partial charge in [0.05, 0.1) is 5.69 Å². The number of benzene rings is 1. The van der Waals surface area contributed by atoms with Crippen LogP contribution in [-0.2, 0) is 23.1 Å². The van der Waals surface area contributed by atoms with Gasteiger partial charge in [-0.25, -0.2) is 4.98 Å². The lowest BCUT2D eigenvalue weighted by atomic mass is 10.1. The van der Waals surface area contributed by atoms with Crippen molar-refractivity contribution in [2.24, 2.45) is 0 Å². The normalized spacial score (nSPS) is 18.1. The van der Waals surface area contributed by atoms with Crippen molar-refractivity contribution in [1.29, 1.82) is 0 Å². The Balaban J connectivity index is 1.64. The maximum absolute atomic E-state index is 12.8. The topological polar surface area (TPSA) is 67.2 Å². The minimum absolute atomic E-state index is 0.0333. The molecule has 1 aromatic carbocycles. The first-order valence-corrected chi connectivity index (χ1v) is 9.84. The highest BCUT2D eigenvalue weighted by Gasteiger charge is 2.34. The lowest BCUT2D eigenvalue weighted by molar-refractivity contribution is 0.273. The van der Waals surface area contributed by atoms with E-state index in [9.17, 15) is 8.42 Å². The second kappa shape index (κ2) is 5.60. The first-order valence-electron chi connectivity index (χ1n) is 8.36. The number of rotatable bonds is 5. The smallest absolute Gasteiger partial charge is 0.295 e. The van der Waals surface area contributed by atoms with Gasteiger partial charge in [0, 0.05) is 37.6 Å². The van der Waals surface area contributed by atoms with Gasteiger partial charge in [-0.05, 0) is 43.9 Å². The van der Waals surface area contributed by atoms with Crippen molar-refractivity contribution >= 4 is 15.7 Å². The molecule has 1 aromatic heterocycles. The SMILES string of the molecule is CC(C)n1ccnc1S(=O)(=O)Nc1cccc2c1CN(C1CC1)C2. The van der Waals surface area contributed by atoms with Crippen LogP contribution in [0.4, 0.5) is 5.69 Å². The summed E-state index contributed by atoms with van der Waals surface area (Å²) in [5.41, 5.74) is 2.99. The minimum atomic E-state index is -3.71. The summed E-state index contributed by atoms with van der Waals surface area (Å²) in [5.74, 6) is 0. The van der Waals surface area contributed by atoms with E-state index >= 15 is 0 Å². The first-order chi connectivity index (χ1) is 11.5. The Morgan fingerprint density at radius 1 is 1.25 bits per heavy atom. The fourth-order valence-corrected chi connectivity index (χ4v) is 4.65. The molecule has 0 spiro atoms. The van der Waals surface area contributed by atoms with Gasteiger partial charge >= 0.3 is 0 Å². The van der Waals surface area contributed by atoms with Gasteiger partial charge in [-0.2, -0.15) is 8.42 Å². The molecular weight excluding hydrogens is 324 g/mol. The summed E-state index contributed by atoms with van der Waals surface area (Å²) in [4.78, 5) is 6.48. The average Bonchev–Trinajstić information content (AvgIpc) is 3.09. The molecule has 1 aliphatic carbocycles. The van der Waals surface area contributed by atoms with Gasteiger partial charge in [-0.1, -0.05) is 12.1 Å². The summed E-state index contributed by atoms with van der Waals surface area (Å²) in [6, 6.07) is 6.55. The molecular formula is C17H22N4O2S. The van der Waals surface area contributed by atoms with E-state index in [1.807, 2.05) is 26.0 Å². The van der Waals surface area contributed by atoms with E-state index in [2.05, 4.69) is 20.7 Å². The van der Waals surface area contributed by atoms with Crippen LogP contribution in [0.25, 0.3) is 0 Å². The first kappa shape index (κ1) is 15.7. The van der Waals surface area contributed by atoms with Crippen LogP contribution >= 0.6 is 0 Å². The Morgan fingerprint density at radius 2 is 2.04 bits per heavy atom. The number of nitrogens with zero attached hydrogens (tertiary/aromatic N) is 3. The van der Waals surface area contributed by atoms with Crippen LogP contribution in [0.3, 0.4) is 0 Å². The van der Waals surface area contributed by atoms with E-state index < -0.39 is 10.0 Å². The van der Waals surface area contributed by atoms with Gasteiger partial charge in [0.25, 0.3) is 10.0 Å². The third-order valence-corrected chi connectivity index (χ3v) is 6.03. The number of sulfonamides is 1. The van der Waals surface area contributed by atoms with Gasteiger partial charge in [-0.15, -0.1) is 0 Å². The third-order valence-electron chi connectivity index (χ3n) is 4.75. The molecule has 0 unspecified atom stereocenters. The van der Waals surface area contributed by atoms with Crippen LogP contribution in [-0.4, -0.2) is 28.9 Å². The van der Waals surface area contributed by atoms with Crippen LogP contribution in [0, 0.1) is 0 Å². The monoisotopic (exact) mass is 346 g/mol. The van der Waals surface area contributed by atoms with Gasteiger partial charge in [0.1, 0.15) is 0 Å². The number of imidazole rings is 1. The highest BCUT2D eigenvalue weighted by Crippen LogP contribution is 2.37. The molecule has 1 saturated carbocycles. The molecule has 128 valence electrons. The molecule has 2 heterocycles. The van der Waals surface area contributed by atoms with Crippen molar-refractivity contribution in [2.45, 2.75) is 57.0 Å². The van der Waals surface area contributed by atoms with E-state index in [4.69, 9.17) is 0 Å². The zero-order valence-corrected chi connectivity index (χ0v) is 14.8. The summed E-state index contributed by atoms with van der Waals surface area (Å²) >= 11 is 0. The zero-order chi connectivity index (χ0) is 16.9. The molecule has 0 amide bonds. The average molecular weight is 346 g/mol. The van der Waals surface area contributed by atoms with Crippen molar-refractivity contribution in [3.63, 3.8) is 0 Å². The second-order valence-electron chi connectivity index (χ2n) is 6.90. The Kier molecular flexibility index (Phi) is 3.65. The third kappa shape index (κ3) is 2.71. The Bertz CT molecular complexity index is 868. The predicted molar refractivity (Wildman–Crippen MR) is 92.1 cm³/mol. The fraction of sp³-hybridized carbons (Fsp3) is 0.471. The Hall–Kier alpha value is -1.86. The van der Waals surface area contributed by atoms with Crippen molar-refractivity contribution in [3.8, 4) is 0 Å². The zero-order valence-electron chi connectivity index (χ0n) is 13.9. The summed E-state index contributed by atoms with van der Waals surface area (Å²) in [5, 5.41) is 0.0622. The van der Waals surface area contributed by atoms with Gasteiger partial charge in [-0.3, -0.25) is 9.62 Å². The quantitative estimate of drug-likeness (QED) is 0.904. The minimum Gasteiger partial charge on any atom is -0.318 e. The van der Waals surface area contributed by atoms with Crippen LogP contribution in [0.5, 0.6) is 0 Å². The van der Waals surface area contributed by atoms with E-state index in [0.717, 1.165) is 18.7 Å². The van der Waals surface area contributed by atoms with Gasteiger partial charge in [0.15, 0.2) is 0 Å². The van der Waals surface area contributed by atoms with Crippen molar-refractivity contribution in [1.82, 2.24) is 14.5 Å². The van der Waals surface area contributed by atoms with Crippen LogP contribution < -0.4 is 4.72 Å². The van der Waals surface area contributed by atoms with Crippen LogP contribution in [0.1, 0.15) is 43.9 Å². The molecule has 2 aliphatic rings. The lowest BCUT2D eigenvalue weighted by Crippen LogP contribution is -2.21. The van der Waals surface area contributed by atoms with E-state index in [0.29, 0.717) is 11.7 Å². The maximum Gasteiger partial charge on any atom is 0.295 e. The number of anilines is 1. The highest BCUT2D eigenvalue weighted by molar-refractivity contribution is 7.92. The molecule has 0 bridgehead atoms. The van der Waals surface area contributed by atoms with Crippen LogP contribution in [0.15, 0.2) is 35.7 Å². The van der Waals surface area contributed by atoms with Gasteiger partial charge < -0.3 is 4.57 Å². The lowest BCUT2D eigenvalue weighted by Gasteiger charge is -2.15. The molecule has 4 rings (SSSR count). The molecule has 6 nitrogen and oxygen atoms in total. The standard InChI is InChI=1S/C17H22N4O2S/c1-12(2)21-9-8-18-17(21)24(22,23)19-16-5-3-4-13-10-20(11-15(13)16)14-6-7-14/h3-5,8-9,12,14,19H,6-7,10-11H2,1-2H3. The predicted octanol–water partition coefficient (Wildman–Crippen LogP) is 2.74. The largest absolute Gasteiger partial charge is 0.318 e. The van der Waals surface area contributed by atoms with E-state index in [-0.39, 0.29) is 11.2 Å². The molecule has 7 heteroatoms. The molecule has 1 fully saturated rings. The molecule has 0 saturated heterocycles. The van der Waals surface area contributed by atoms with Crippen molar-refractivity contribution < 1.29 is 8.42 Å². The number of hydrogen-bond donors (Lipinski definition) is 1.